The van der Waals surface area contributed by atoms with Crippen LogP contribution in [0.2, 0.25) is 5.02 Å². The minimum atomic E-state index is -0.578. The monoisotopic (exact) mass is 486 g/mol. The van der Waals surface area contributed by atoms with Gasteiger partial charge < -0.3 is 19.5 Å². The van der Waals surface area contributed by atoms with Gasteiger partial charge in [-0.25, -0.2) is 9.50 Å². The van der Waals surface area contributed by atoms with Gasteiger partial charge in [-0.05, 0) is 43.5 Å². The highest BCUT2D eigenvalue weighted by molar-refractivity contribution is 6.30. The van der Waals surface area contributed by atoms with Crippen molar-refractivity contribution in [1.82, 2.24) is 19.5 Å². The van der Waals surface area contributed by atoms with Crippen LogP contribution < -0.4 is 4.74 Å². The van der Waals surface area contributed by atoms with Crippen molar-refractivity contribution in [1.29, 1.82) is 0 Å². The highest BCUT2D eigenvalue weighted by atomic mass is 35.5. The second-order valence-corrected chi connectivity index (χ2v) is 9.39. The van der Waals surface area contributed by atoms with Crippen molar-refractivity contribution in [2.45, 2.75) is 51.2 Å². The van der Waals surface area contributed by atoms with Gasteiger partial charge in [0.25, 0.3) is 5.91 Å². The number of carbonyl (C=O) groups is 1. The quantitative estimate of drug-likeness (QED) is 0.523. The van der Waals surface area contributed by atoms with E-state index in [0.29, 0.717) is 53.8 Å². The van der Waals surface area contributed by atoms with E-state index in [1.54, 1.807) is 23.9 Å². The largest absolute Gasteiger partial charge is 0.493 e. The van der Waals surface area contributed by atoms with Gasteiger partial charge in [0.1, 0.15) is 0 Å². The highest BCUT2D eigenvalue weighted by Crippen LogP contribution is 2.28. The summed E-state index contributed by atoms with van der Waals surface area (Å²) in [5.74, 6) is 1.04. The van der Waals surface area contributed by atoms with Gasteiger partial charge in [0, 0.05) is 30.7 Å². The minimum Gasteiger partial charge on any atom is -0.493 e. The maximum atomic E-state index is 13.6. The number of pyridine rings is 1. The topological polar surface area (TPSA) is 89.2 Å². The molecule has 8 nitrogen and oxygen atoms in total. The van der Waals surface area contributed by atoms with Gasteiger partial charge in [-0.2, -0.15) is 5.10 Å². The number of hydrogen-bond donors (Lipinski definition) is 1. The lowest BCUT2D eigenvalue weighted by atomic mass is 9.96. The number of rotatable bonds is 8. The van der Waals surface area contributed by atoms with E-state index < -0.39 is 5.60 Å². The summed E-state index contributed by atoms with van der Waals surface area (Å²) in [7, 11) is 1.56. The molecule has 0 saturated carbocycles. The Morgan fingerprint density at radius 2 is 2.18 bits per heavy atom. The molecule has 1 amide bonds. The molecule has 0 aliphatic carbocycles. The van der Waals surface area contributed by atoms with Gasteiger partial charge in [0.15, 0.2) is 17.2 Å². The summed E-state index contributed by atoms with van der Waals surface area (Å²) in [6.07, 6.45) is 4.34. The number of fused-ring (bicyclic) bond motifs is 1. The number of aryl methyl sites for hydroxylation is 2. The zero-order valence-corrected chi connectivity index (χ0v) is 20.6. The summed E-state index contributed by atoms with van der Waals surface area (Å²) in [5, 5.41) is 14.8. The zero-order valence-electron chi connectivity index (χ0n) is 19.8. The van der Waals surface area contributed by atoms with E-state index in [4.69, 9.17) is 21.1 Å². The lowest BCUT2D eigenvalue weighted by Gasteiger charge is -2.45. The highest BCUT2D eigenvalue weighted by Gasteiger charge is 2.39. The molecule has 1 saturated heterocycles. The average Bonchev–Trinajstić information content (AvgIpc) is 3.25. The van der Waals surface area contributed by atoms with Crippen LogP contribution >= 0.6 is 11.6 Å². The SMILES string of the molecule is CC[C@@H]1COC(C)(CCO)CN1C(=O)c1cc(OC)c2nc(CCc3cccc(Cl)c3)nn2c1. The molecule has 1 aromatic carbocycles. The molecule has 1 fully saturated rings. The van der Waals surface area contributed by atoms with E-state index in [1.807, 2.05) is 43.0 Å². The molecule has 3 aromatic rings. The molecule has 0 spiro atoms. The summed E-state index contributed by atoms with van der Waals surface area (Å²) in [5.41, 5.74) is 1.57. The molecule has 0 bridgehead atoms. The van der Waals surface area contributed by atoms with Crippen molar-refractivity contribution in [3.63, 3.8) is 0 Å². The number of aliphatic hydroxyl groups excluding tert-OH is 1. The number of carbonyl (C=O) groups excluding carboxylic acids is 1. The molecule has 9 heteroatoms. The van der Waals surface area contributed by atoms with Crippen molar-refractivity contribution < 1.29 is 19.4 Å². The molecule has 1 aliphatic heterocycles. The number of halogens is 1. The third kappa shape index (κ3) is 5.19. The number of hydrogen-bond acceptors (Lipinski definition) is 6. The predicted octanol–water partition coefficient (Wildman–Crippen LogP) is 3.57. The van der Waals surface area contributed by atoms with E-state index in [2.05, 4.69) is 10.1 Å². The lowest BCUT2D eigenvalue weighted by Crippen LogP contribution is -2.57. The Morgan fingerprint density at radius 3 is 2.88 bits per heavy atom. The van der Waals surface area contributed by atoms with Crippen molar-refractivity contribution in [2.24, 2.45) is 0 Å². The van der Waals surface area contributed by atoms with Crippen LogP contribution in [0.5, 0.6) is 5.75 Å². The first-order valence-electron chi connectivity index (χ1n) is 11.6. The standard InChI is InChI=1S/C25H31ClN4O4/c1-4-20-15-34-25(2,10-11-31)16-29(20)24(32)18-13-21(33-3)23-27-22(28-30(23)14-18)9-8-17-6-5-7-19(26)12-17/h5-7,12-14,20,31H,4,8-11,15-16H2,1-3H3/t20-,25?/m1/s1. The van der Waals surface area contributed by atoms with Crippen molar-refractivity contribution in [3.05, 3.63) is 58.5 Å². The number of amides is 1. The molecule has 182 valence electrons. The number of methoxy groups -OCH3 is 1. The predicted molar refractivity (Wildman–Crippen MR) is 130 cm³/mol. The number of ether oxygens (including phenoxy) is 2. The lowest BCUT2D eigenvalue weighted by molar-refractivity contribution is -0.121. The van der Waals surface area contributed by atoms with E-state index in [0.717, 1.165) is 18.4 Å². The summed E-state index contributed by atoms with van der Waals surface area (Å²) in [6, 6.07) is 9.42. The first-order chi connectivity index (χ1) is 16.4. The fourth-order valence-electron chi connectivity index (χ4n) is 4.37. The van der Waals surface area contributed by atoms with Crippen LogP contribution in [0.4, 0.5) is 0 Å². The van der Waals surface area contributed by atoms with E-state index in [1.165, 1.54) is 0 Å². The normalized spacial score (nSPS) is 20.6. The summed E-state index contributed by atoms with van der Waals surface area (Å²) >= 11 is 6.09. The van der Waals surface area contributed by atoms with Crippen LogP contribution in [-0.4, -0.2) is 69.0 Å². The van der Waals surface area contributed by atoms with E-state index in [-0.39, 0.29) is 18.6 Å². The molecular formula is C25H31ClN4O4. The Hall–Kier alpha value is -2.68. The Bertz CT molecular complexity index is 1170. The summed E-state index contributed by atoms with van der Waals surface area (Å²) in [6.45, 7) is 4.83. The number of aromatic nitrogens is 3. The van der Waals surface area contributed by atoms with Gasteiger partial charge in [-0.1, -0.05) is 30.7 Å². The number of morpholine rings is 1. The third-order valence-corrected chi connectivity index (χ3v) is 6.61. The number of nitrogens with zero attached hydrogens (tertiary/aromatic N) is 4. The molecular weight excluding hydrogens is 456 g/mol. The summed E-state index contributed by atoms with van der Waals surface area (Å²) in [4.78, 5) is 20.1. The Kier molecular flexibility index (Phi) is 7.40. The Balaban J connectivity index is 1.60. The fourth-order valence-corrected chi connectivity index (χ4v) is 4.59. The molecule has 3 heterocycles. The molecule has 1 unspecified atom stereocenters. The average molecular weight is 487 g/mol. The van der Waals surface area contributed by atoms with Gasteiger partial charge in [-0.15, -0.1) is 0 Å². The molecule has 2 aromatic heterocycles. The molecule has 1 aliphatic rings. The van der Waals surface area contributed by atoms with Crippen LogP contribution in [0.25, 0.3) is 5.65 Å². The zero-order chi connectivity index (χ0) is 24.3. The Morgan fingerprint density at radius 1 is 1.35 bits per heavy atom. The van der Waals surface area contributed by atoms with Crippen LogP contribution in [0.1, 0.15) is 48.4 Å². The van der Waals surface area contributed by atoms with Crippen LogP contribution in [-0.2, 0) is 17.6 Å². The molecule has 1 N–H and O–H groups in total. The minimum absolute atomic E-state index is 0.00598. The van der Waals surface area contributed by atoms with E-state index in [9.17, 15) is 9.90 Å². The van der Waals surface area contributed by atoms with Gasteiger partial charge >= 0.3 is 0 Å². The van der Waals surface area contributed by atoms with Crippen molar-refractivity contribution >= 4 is 23.2 Å². The maximum Gasteiger partial charge on any atom is 0.255 e. The molecule has 2 atom stereocenters. The number of benzene rings is 1. The van der Waals surface area contributed by atoms with Gasteiger partial charge in [0.05, 0.1) is 37.5 Å². The first-order valence-corrected chi connectivity index (χ1v) is 12.0. The molecule has 34 heavy (non-hydrogen) atoms. The molecule has 0 radical (unpaired) electrons. The van der Waals surface area contributed by atoms with E-state index >= 15 is 0 Å². The second-order valence-electron chi connectivity index (χ2n) is 8.95. The maximum absolute atomic E-state index is 13.6. The smallest absolute Gasteiger partial charge is 0.255 e. The van der Waals surface area contributed by atoms with Crippen molar-refractivity contribution in [3.8, 4) is 5.75 Å². The number of aliphatic hydroxyl groups is 1. The van der Waals surface area contributed by atoms with Crippen LogP contribution in [0.15, 0.2) is 36.5 Å². The summed E-state index contributed by atoms with van der Waals surface area (Å²) < 4.78 is 13.2. The second kappa shape index (κ2) is 10.3. The van der Waals surface area contributed by atoms with Crippen LogP contribution in [0.3, 0.4) is 0 Å². The van der Waals surface area contributed by atoms with Crippen LogP contribution in [0, 0.1) is 0 Å². The van der Waals surface area contributed by atoms with Gasteiger partial charge in [0.2, 0.25) is 0 Å². The third-order valence-electron chi connectivity index (χ3n) is 6.38. The fraction of sp³-hybridized carbons (Fsp3) is 0.480. The Labute approximate surface area is 204 Å². The molecule has 4 rings (SSSR count). The van der Waals surface area contributed by atoms with Gasteiger partial charge in [-0.3, -0.25) is 4.79 Å². The first kappa shape index (κ1) is 24.4. The van der Waals surface area contributed by atoms with Crippen molar-refractivity contribution in [2.75, 3.05) is 26.9 Å².